The normalized spacial score (nSPS) is 9.57. The Morgan fingerprint density at radius 3 is 2.24 bits per heavy atom. The first-order valence-corrected chi connectivity index (χ1v) is 6.14. The van der Waals surface area contributed by atoms with Gasteiger partial charge in [-0.05, 0) is 12.1 Å². The monoisotopic (exact) mass is 292 g/mol. The Kier molecular flexibility index (Phi) is 5.87. The minimum atomic E-state index is -0.925. The van der Waals surface area contributed by atoms with E-state index in [1.54, 1.807) is 12.1 Å². The molecule has 112 valence electrons. The minimum Gasteiger partial charge on any atom is -0.366 e. The van der Waals surface area contributed by atoms with Gasteiger partial charge >= 0.3 is 11.8 Å². The number of nitrogens with two attached hydrogens (primary N) is 1. The maximum Gasteiger partial charge on any atom is 0.313 e. The Morgan fingerprint density at radius 2 is 1.62 bits per heavy atom. The highest BCUT2D eigenvalue weighted by atomic mass is 16.2. The van der Waals surface area contributed by atoms with Crippen molar-refractivity contribution in [1.29, 1.82) is 0 Å². The van der Waals surface area contributed by atoms with Crippen LogP contribution in [0.1, 0.15) is 17.3 Å². The van der Waals surface area contributed by atoms with Crippen molar-refractivity contribution >= 4 is 29.3 Å². The van der Waals surface area contributed by atoms with Crippen LogP contribution < -0.4 is 21.7 Å². The standard InChI is InChI=1S/C13H16N4O4/c1-8(18)15-6-7-16-12(20)13(21)17-10-5-3-2-4-9(10)11(14)19/h2-5H,6-7H2,1H3,(H2,14,19)(H,15,18)(H,16,20)(H,17,21). The van der Waals surface area contributed by atoms with E-state index in [2.05, 4.69) is 16.0 Å². The molecule has 0 aliphatic rings. The summed E-state index contributed by atoms with van der Waals surface area (Å²) in [5.74, 6) is -2.74. The first-order valence-electron chi connectivity index (χ1n) is 6.14. The van der Waals surface area contributed by atoms with Crippen LogP contribution in [0.2, 0.25) is 0 Å². The minimum absolute atomic E-state index is 0.108. The van der Waals surface area contributed by atoms with Crippen LogP contribution in [0.25, 0.3) is 0 Å². The summed E-state index contributed by atoms with van der Waals surface area (Å²) in [6.07, 6.45) is 0. The topological polar surface area (TPSA) is 130 Å². The molecule has 21 heavy (non-hydrogen) atoms. The van der Waals surface area contributed by atoms with Crippen LogP contribution in [-0.4, -0.2) is 36.7 Å². The van der Waals surface area contributed by atoms with Gasteiger partial charge in [-0.1, -0.05) is 12.1 Å². The number of rotatable bonds is 5. The van der Waals surface area contributed by atoms with E-state index in [1.807, 2.05) is 0 Å². The number of carbonyl (C=O) groups is 4. The quantitative estimate of drug-likeness (QED) is 0.408. The van der Waals surface area contributed by atoms with Gasteiger partial charge in [-0.25, -0.2) is 0 Å². The lowest BCUT2D eigenvalue weighted by Crippen LogP contribution is -2.40. The van der Waals surface area contributed by atoms with E-state index in [1.165, 1.54) is 19.1 Å². The molecule has 0 spiro atoms. The van der Waals surface area contributed by atoms with Crippen LogP contribution in [-0.2, 0) is 14.4 Å². The van der Waals surface area contributed by atoms with Crippen molar-refractivity contribution in [1.82, 2.24) is 10.6 Å². The Morgan fingerprint density at radius 1 is 1.00 bits per heavy atom. The van der Waals surface area contributed by atoms with Crippen LogP contribution in [0.4, 0.5) is 5.69 Å². The first kappa shape index (κ1) is 16.2. The van der Waals surface area contributed by atoms with Crippen molar-refractivity contribution in [2.75, 3.05) is 18.4 Å². The predicted molar refractivity (Wildman–Crippen MR) is 75.3 cm³/mol. The molecule has 0 saturated carbocycles. The van der Waals surface area contributed by atoms with Gasteiger partial charge in [-0.2, -0.15) is 0 Å². The molecule has 1 aromatic carbocycles. The lowest BCUT2D eigenvalue weighted by Gasteiger charge is -2.09. The highest BCUT2D eigenvalue weighted by Gasteiger charge is 2.16. The molecule has 1 aromatic rings. The van der Waals surface area contributed by atoms with E-state index in [0.29, 0.717) is 0 Å². The molecular weight excluding hydrogens is 276 g/mol. The van der Waals surface area contributed by atoms with E-state index in [9.17, 15) is 19.2 Å². The van der Waals surface area contributed by atoms with E-state index in [0.717, 1.165) is 0 Å². The maximum absolute atomic E-state index is 11.7. The molecule has 0 aromatic heterocycles. The van der Waals surface area contributed by atoms with E-state index in [4.69, 9.17) is 5.73 Å². The van der Waals surface area contributed by atoms with Crippen molar-refractivity contribution in [3.8, 4) is 0 Å². The van der Waals surface area contributed by atoms with Crippen molar-refractivity contribution < 1.29 is 19.2 Å². The van der Waals surface area contributed by atoms with Crippen molar-refractivity contribution in [2.24, 2.45) is 5.73 Å². The molecule has 0 aliphatic heterocycles. The molecule has 0 heterocycles. The summed E-state index contributed by atoms with van der Waals surface area (Å²) < 4.78 is 0. The molecule has 0 radical (unpaired) electrons. The van der Waals surface area contributed by atoms with E-state index >= 15 is 0 Å². The van der Waals surface area contributed by atoms with E-state index < -0.39 is 17.7 Å². The third-order valence-corrected chi connectivity index (χ3v) is 2.43. The van der Waals surface area contributed by atoms with Gasteiger partial charge in [0.1, 0.15) is 0 Å². The Hall–Kier alpha value is -2.90. The molecule has 5 N–H and O–H groups in total. The van der Waals surface area contributed by atoms with Crippen LogP contribution in [0, 0.1) is 0 Å². The molecular formula is C13H16N4O4. The maximum atomic E-state index is 11.7. The predicted octanol–water partition coefficient (Wildman–Crippen LogP) is -1.02. The number of hydrogen-bond acceptors (Lipinski definition) is 4. The van der Waals surface area contributed by atoms with Gasteiger partial charge in [-0.15, -0.1) is 0 Å². The van der Waals surface area contributed by atoms with Crippen molar-refractivity contribution in [3.63, 3.8) is 0 Å². The first-order chi connectivity index (χ1) is 9.91. The molecule has 0 aliphatic carbocycles. The van der Waals surface area contributed by atoms with Crippen LogP contribution in [0.15, 0.2) is 24.3 Å². The summed E-state index contributed by atoms with van der Waals surface area (Å²) in [5.41, 5.74) is 5.43. The Bertz CT molecular complexity index is 571. The molecule has 0 unspecified atom stereocenters. The van der Waals surface area contributed by atoms with Gasteiger partial charge < -0.3 is 21.7 Å². The number of anilines is 1. The van der Waals surface area contributed by atoms with Gasteiger partial charge in [0.2, 0.25) is 5.91 Å². The summed E-state index contributed by atoms with van der Waals surface area (Å²) in [5, 5.41) is 7.09. The molecule has 0 saturated heterocycles. The third-order valence-electron chi connectivity index (χ3n) is 2.43. The molecule has 8 heteroatoms. The zero-order valence-corrected chi connectivity index (χ0v) is 11.4. The van der Waals surface area contributed by atoms with Gasteiger partial charge in [0.15, 0.2) is 0 Å². The van der Waals surface area contributed by atoms with Gasteiger partial charge in [0.25, 0.3) is 5.91 Å². The fourth-order valence-corrected chi connectivity index (χ4v) is 1.48. The number of carbonyl (C=O) groups excluding carboxylic acids is 4. The lowest BCUT2D eigenvalue weighted by molar-refractivity contribution is -0.136. The second kappa shape index (κ2) is 7.63. The highest BCUT2D eigenvalue weighted by molar-refractivity contribution is 6.40. The van der Waals surface area contributed by atoms with Crippen LogP contribution in [0.5, 0.6) is 0 Å². The van der Waals surface area contributed by atoms with Crippen molar-refractivity contribution in [3.05, 3.63) is 29.8 Å². The average molecular weight is 292 g/mol. The summed E-state index contributed by atoms with van der Waals surface area (Å²) in [6.45, 7) is 1.67. The fraction of sp³-hybridized carbons (Fsp3) is 0.231. The third kappa shape index (κ3) is 5.31. The second-order valence-corrected chi connectivity index (χ2v) is 4.10. The number of primary amides is 1. The summed E-state index contributed by atoms with van der Waals surface area (Å²) in [6, 6.07) is 6.08. The van der Waals surface area contributed by atoms with Crippen LogP contribution in [0.3, 0.4) is 0 Å². The number of benzene rings is 1. The van der Waals surface area contributed by atoms with Gasteiger partial charge in [0, 0.05) is 20.0 Å². The summed E-state index contributed by atoms with van der Waals surface area (Å²) >= 11 is 0. The van der Waals surface area contributed by atoms with E-state index in [-0.39, 0.29) is 30.2 Å². The molecule has 0 atom stereocenters. The molecule has 0 fully saturated rings. The summed E-state index contributed by atoms with van der Waals surface area (Å²) in [4.78, 5) is 45.0. The largest absolute Gasteiger partial charge is 0.366 e. The average Bonchev–Trinajstić information content (AvgIpc) is 2.43. The molecule has 4 amide bonds. The molecule has 8 nitrogen and oxygen atoms in total. The fourth-order valence-electron chi connectivity index (χ4n) is 1.48. The van der Waals surface area contributed by atoms with Gasteiger partial charge in [-0.3, -0.25) is 19.2 Å². The molecule has 1 rings (SSSR count). The smallest absolute Gasteiger partial charge is 0.313 e. The highest BCUT2D eigenvalue weighted by Crippen LogP contribution is 2.13. The van der Waals surface area contributed by atoms with Crippen LogP contribution >= 0.6 is 0 Å². The Balaban J connectivity index is 2.55. The number of amides is 4. The number of hydrogen-bond donors (Lipinski definition) is 4. The number of nitrogens with one attached hydrogen (secondary N) is 3. The Labute approximate surface area is 121 Å². The summed E-state index contributed by atoms with van der Waals surface area (Å²) in [7, 11) is 0. The zero-order valence-electron chi connectivity index (χ0n) is 11.4. The van der Waals surface area contributed by atoms with Gasteiger partial charge in [0.05, 0.1) is 11.3 Å². The SMILES string of the molecule is CC(=O)NCCNC(=O)C(=O)Nc1ccccc1C(N)=O. The number of para-hydroxylation sites is 1. The lowest BCUT2D eigenvalue weighted by atomic mass is 10.1. The zero-order chi connectivity index (χ0) is 15.8. The second-order valence-electron chi connectivity index (χ2n) is 4.10. The van der Waals surface area contributed by atoms with Crippen molar-refractivity contribution in [2.45, 2.75) is 6.92 Å². The molecule has 0 bridgehead atoms.